The molecule has 58 heavy (non-hydrogen) atoms. The third-order valence-corrected chi connectivity index (χ3v) is 12.1. The van der Waals surface area contributed by atoms with Gasteiger partial charge in [-0.1, -0.05) is 206 Å². The summed E-state index contributed by atoms with van der Waals surface area (Å²) in [4.78, 5) is 13.0. The Bertz CT molecular complexity index is 1050. The molecule has 0 spiro atoms. The Morgan fingerprint density at radius 2 is 1.00 bits per heavy atom. The van der Waals surface area contributed by atoms with Crippen molar-refractivity contribution in [1.29, 1.82) is 0 Å². The van der Waals surface area contributed by atoms with Gasteiger partial charge in [-0.25, -0.2) is 4.18 Å². The highest BCUT2D eigenvalue weighted by atomic mass is 32.3. The normalized spacial score (nSPS) is 21.0. The van der Waals surface area contributed by atoms with Crippen LogP contribution in [-0.4, -0.2) is 95.4 Å². The van der Waals surface area contributed by atoms with Gasteiger partial charge in [-0.2, -0.15) is 8.42 Å². The predicted octanol–water partition coefficient (Wildman–Crippen LogP) is 9.39. The molecule has 346 valence electrons. The van der Waals surface area contributed by atoms with Gasteiger partial charge >= 0.3 is 10.4 Å². The predicted molar refractivity (Wildman–Crippen MR) is 232 cm³/mol. The first kappa shape index (κ1) is 55.1. The molecule has 0 radical (unpaired) electrons. The Balaban J connectivity index is 2.47. The molecule has 1 rings (SSSR count). The van der Waals surface area contributed by atoms with E-state index in [9.17, 15) is 38.2 Å². The van der Waals surface area contributed by atoms with Gasteiger partial charge in [0, 0.05) is 6.42 Å². The van der Waals surface area contributed by atoms with Gasteiger partial charge in [-0.15, -0.1) is 0 Å². The summed E-state index contributed by atoms with van der Waals surface area (Å²) in [6.07, 6.45) is 29.5. The molecule has 0 aromatic rings. The zero-order valence-electron chi connectivity index (χ0n) is 36.9. The monoisotopic (exact) mass is 852 g/mol. The third-order valence-electron chi connectivity index (χ3n) is 11.7. The number of hydrogen-bond donors (Lipinski definition) is 6. The van der Waals surface area contributed by atoms with Gasteiger partial charge in [-0.3, -0.25) is 9.35 Å². The molecule has 7 atom stereocenters. The second kappa shape index (κ2) is 36.7. The van der Waals surface area contributed by atoms with Gasteiger partial charge in [0.1, 0.15) is 24.4 Å². The number of ether oxygens (including phenoxy) is 2. The molecule has 12 nitrogen and oxygen atoms in total. The smallest absolute Gasteiger partial charge is 0.394 e. The maximum Gasteiger partial charge on any atom is 0.397 e. The van der Waals surface area contributed by atoms with Crippen LogP contribution in [0.4, 0.5) is 0 Å². The van der Waals surface area contributed by atoms with E-state index in [-0.39, 0.29) is 12.5 Å². The van der Waals surface area contributed by atoms with Crippen molar-refractivity contribution >= 4 is 16.3 Å². The molecule has 1 fully saturated rings. The van der Waals surface area contributed by atoms with E-state index >= 15 is 0 Å². The van der Waals surface area contributed by atoms with Crippen molar-refractivity contribution in [2.24, 2.45) is 0 Å². The van der Waals surface area contributed by atoms with E-state index in [1.165, 1.54) is 148 Å². The molecular formula is C45H89NO11S. The first-order valence-corrected chi connectivity index (χ1v) is 25.3. The maximum atomic E-state index is 13.0. The topological polar surface area (TPSA) is 192 Å². The number of carbonyl (C=O) groups excluding carboxylic acids is 1. The summed E-state index contributed by atoms with van der Waals surface area (Å²) >= 11 is 0. The molecule has 13 heteroatoms. The van der Waals surface area contributed by atoms with Gasteiger partial charge in [0.25, 0.3) is 0 Å². The Morgan fingerprint density at radius 3 is 1.38 bits per heavy atom. The van der Waals surface area contributed by atoms with E-state index in [2.05, 4.69) is 23.3 Å². The molecule has 0 bridgehead atoms. The van der Waals surface area contributed by atoms with E-state index < -0.39 is 59.9 Å². The van der Waals surface area contributed by atoms with Crippen LogP contribution in [0.15, 0.2) is 0 Å². The zero-order valence-corrected chi connectivity index (χ0v) is 37.7. The summed E-state index contributed by atoms with van der Waals surface area (Å²) in [5.74, 6) is -0.226. The van der Waals surface area contributed by atoms with Gasteiger partial charge in [-0.05, 0) is 12.8 Å². The zero-order chi connectivity index (χ0) is 42.7. The summed E-state index contributed by atoms with van der Waals surface area (Å²) in [6, 6.07) is -0.851. The molecule has 0 aromatic carbocycles. The van der Waals surface area contributed by atoms with Crippen LogP contribution in [0.5, 0.6) is 0 Å². The Morgan fingerprint density at radius 1 is 0.621 bits per heavy atom. The minimum Gasteiger partial charge on any atom is -0.394 e. The molecule has 7 unspecified atom stereocenters. The van der Waals surface area contributed by atoms with Crippen LogP contribution in [-0.2, 0) is 28.9 Å². The average Bonchev–Trinajstić information content (AvgIpc) is 3.19. The van der Waals surface area contributed by atoms with Crippen LogP contribution in [0.2, 0.25) is 0 Å². The molecule has 0 aromatic heterocycles. The fourth-order valence-electron chi connectivity index (χ4n) is 7.93. The van der Waals surface area contributed by atoms with Crippen molar-refractivity contribution < 1.29 is 51.8 Å². The Hall–Kier alpha value is -0.900. The van der Waals surface area contributed by atoms with Crippen LogP contribution < -0.4 is 5.32 Å². The largest absolute Gasteiger partial charge is 0.397 e. The summed E-state index contributed by atoms with van der Waals surface area (Å²) in [6.45, 7) is 3.46. The second-order valence-corrected chi connectivity index (χ2v) is 18.1. The fraction of sp³-hybridized carbons (Fsp3) is 0.978. The van der Waals surface area contributed by atoms with E-state index in [4.69, 9.17) is 9.47 Å². The van der Waals surface area contributed by atoms with Gasteiger partial charge < -0.3 is 35.2 Å². The van der Waals surface area contributed by atoms with Crippen LogP contribution in [0.25, 0.3) is 0 Å². The molecule has 0 aliphatic carbocycles. The van der Waals surface area contributed by atoms with Gasteiger partial charge in [0.05, 0.1) is 25.4 Å². The van der Waals surface area contributed by atoms with Gasteiger partial charge in [0.2, 0.25) is 5.91 Å². The maximum absolute atomic E-state index is 13.0. The first-order chi connectivity index (χ1) is 28.0. The second-order valence-electron chi connectivity index (χ2n) is 17.1. The number of aliphatic hydroxyl groups is 4. The number of rotatable bonds is 41. The lowest BCUT2D eigenvalue weighted by molar-refractivity contribution is -0.298. The quantitative estimate of drug-likeness (QED) is 0.0254. The van der Waals surface area contributed by atoms with Crippen LogP contribution >= 0.6 is 0 Å². The molecule has 1 aliphatic rings. The van der Waals surface area contributed by atoms with Crippen molar-refractivity contribution in [3.8, 4) is 0 Å². The van der Waals surface area contributed by atoms with Crippen molar-refractivity contribution in [3.63, 3.8) is 0 Å². The summed E-state index contributed by atoms with van der Waals surface area (Å²) < 4.78 is 47.7. The van der Waals surface area contributed by atoms with Gasteiger partial charge in [0.15, 0.2) is 6.29 Å². The summed E-state index contributed by atoms with van der Waals surface area (Å²) in [7, 11) is -5.07. The number of nitrogens with one attached hydrogen (secondary N) is 1. The fourth-order valence-corrected chi connectivity index (χ4v) is 8.44. The van der Waals surface area contributed by atoms with E-state index in [0.717, 1.165) is 51.4 Å². The van der Waals surface area contributed by atoms with Crippen LogP contribution in [0, 0.1) is 0 Å². The first-order valence-electron chi connectivity index (χ1n) is 23.9. The molecule has 0 saturated carbocycles. The lowest BCUT2D eigenvalue weighted by Gasteiger charge is -2.41. The van der Waals surface area contributed by atoms with E-state index in [1.54, 1.807) is 0 Å². The molecule has 1 heterocycles. The molecule has 1 amide bonds. The number of hydrogen-bond acceptors (Lipinski definition) is 10. The molecular weight excluding hydrogens is 763 g/mol. The Kier molecular flexibility index (Phi) is 34.9. The van der Waals surface area contributed by atoms with E-state index in [0.29, 0.717) is 12.8 Å². The number of unbranched alkanes of at least 4 members (excludes halogenated alkanes) is 29. The summed E-state index contributed by atoms with van der Waals surface area (Å²) in [5.41, 5.74) is 0. The standard InChI is InChI=1S/C45H89NO11S/c1-3-5-7-9-11-13-15-17-19-21-23-25-27-29-31-33-35-41(49)46-38(37-55-45-43(51)44(57-58(52,53)54)42(50)40(36-47)56-45)39(48)34-32-30-28-26-24-22-20-18-16-14-12-10-8-6-4-2/h38-40,42-45,47-48,50-51H,3-37H2,1-2H3,(H,46,49)(H,52,53,54). The number of aliphatic hydroxyl groups excluding tert-OH is 4. The lowest BCUT2D eigenvalue weighted by Crippen LogP contribution is -2.61. The van der Waals surface area contributed by atoms with Crippen LogP contribution in [0.3, 0.4) is 0 Å². The highest BCUT2D eigenvalue weighted by Gasteiger charge is 2.48. The highest BCUT2D eigenvalue weighted by Crippen LogP contribution is 2.26. The van der Waals surface area contributed by atoms with Crippen molar-refractivity contribution in [2.75, 3.05) is 13.2 Å². The highest BCUT2D eigenvalue weighted by molar-refractivity contribution is 7.80. The van der Waals surface area contributed by atoms with Crippen molar-refractivity contribution in [3.05, 3.63) is 0 Å². The molecule has 1 aliphatic heterocycles. The minimum atomic E-state index is -5.07. The third kappa shape index (κ3) is 29.4. The van der Waals surface area contributed by atoms with Crippen molar-refractivity contribution in [1.82, 2.24) is 5.32 Å². The summed E-state index contributed by atoms with van der Waals surface area (Å²) in [5, 5.41) is 44.9. The lowest BCUT2D eigenvalue weighted by atomic mass is 9.99. The van der Waals surface area contributed by atoms with E-state index in [1.807, 2.05) is 0 Å². The molecule has 1 saturated heterocycles. The average molecular weight is 852 g/mol. The SMILES string of the molecule is CCCCCCCCCCCCCCCCCCC(=O)NC(COC1OC(CO)C(O)C(OS(=O)(=O)O)C1O)C(O)CCCCCCCCCCCCCCCCC. The number of carbonyl (C=O) groups is 1. The minimum absolute atomic E-state index is 0.226. The Labute approximate surface area is 354 Å². The van der Waals surface area contributed by atoms with Crippen molar-refractivity contribution in [2.45, 2.75) is 269 Å². The molecule has 6 N–H and O–H groups in total. The van der Waals surface area contributed by atoms with Crippen LogP contribution in [0.1, 0.15) is 226 Å². The number of amides is 1.